The molecular weight excluding hydrogens is 276 g/mol. The lowest BCUT2D eigenvalue weighted by molar-refractivity contribution is 0.553. The first kappa shape index (κ1) is 13.5. The van der Waals surface area contributed by atoms with Crippen molar-refractivity contribution >= 4 is 22.9 Å². The molecule has 1 heterocycles. The molecule has 0 fully saturated rings. The van der Waals surface area contributed by atoms with Crippen molar-refractivity contribution < 1.29 is 8.78 Å². The van der Waals surface area contributed by atoms with Gasteiger partial charge in [-0.3, -0.25) is 0 Å². The van der Waals surface area contributed by atoms with Gasteiger partial charge in [0.1, 0.15) is 11.6 Å². The average Bonchev–Trinajstić information content (AvgIpc) is 2.70. The molecule has 0 aliphatic rings. The maximum Gasteiger partial charge on any atom is 0.126 e. The SMILES string of the molecule is CNC(Cc1ccc(Cl)s1)c1cc(F)cc(F)c1. The lowest BCUT2D eigenvalue weighted by Crippen LogP contribution is -2.18. The van der Waals surface area contributed by atoms with Crippen molar-refractivity contribution in [1.29, 1.82) is 0 Å². The Hall–Kier alpha value is -0.970. The van der Waals surface area contributed by atoms with Crippen molar-refractivity contribution in [2.24, 2.45) is 0 Å². The molecule has 0 aliphatic heterocycles. The third kappa shape index (κ3) is 3.28. The largest absolute Gasteiger partial charge is 0.313 e. The van der Waals surface area contributed by atoms with Gasteiger partial charge in [-0.25, -0.2) is 8.78 Å². The molecule has 1 nitrogen and oxygen atoms in total. The second kappa shape index (κ2) is 5.78. The van der Waals surface area contributed by atoms with Crippen LogP contribution in [0.25, 0.3) is 0 Å². The van der Waals surface area contributed by atoms with Crippen LogP contribution < -0.4 is 5.32 Å². The van der Waals surface area contributed by atoms with Crippen LogP contribution in [0.2, 0.25) is 4.34 Å². The summed E-state index contributed by atoms with van der Waals surface area (Å²) in [4.78, 5) is 1.07. The maximum atomic E-state index is 13.2. The number of hydrogen-bond acceptors (Lipinski definition) is 2. The predicted molar refractivity (Wildman–Crippen MR) is 71.2 cm³/mol. The van der Waals surface area contributed by atoms with Crippen LogP contribution in [-0.4, -0.2) is 7.05 Å². The van der Waals surface area contributed by atoms with Crippen LogP contribution in [0.15, 0.2) is 30.3 Å². The molecule has 1 N–H and O–H groups in total. The third-order valence-electron chi connectivity index (χ3n) is 2.67. The molecule has 5 heteroatoms. The van der Waals surface area contributed by atoms with Crippen LogP contribution in [0, 0.1) is 11.6 Å². The average molecular weight is 288 g/mol. The first-order chi connectivity index (χ1) is 8.58. The van der Waals surface area contributed by atoms with Crippen LogP contribution in [0.4, 0.5) is 8.78 Å². The van der Waals surface area contributed by atoms with Gasteiger partial charge in [0.2, 0.25) is 0 Å². The van der Waals surface area contributed by atoms with E-state index in [0.29, 0.717) is 16.3 Å². The minimum Gasteiger partial charge on any atom is -0.313 e. The fourth-order valence-electron chi connectivity index (χ4n) is 1.83. The van der Waals surface area contributed by atoms with E-state index in [0.717, 1.165) is 10.9 Å². The van der Waals surface area contributed by atoms with Gasteiger partial charge in [-0.05, 0) is 36.9 Å². The number of rotatable bonds is 4. The summed E-state index contributed by atoms with van der Waals surface area (Å²) < 4.78 is 27.1. The lowest BCUT2D eigenvalue weighted by atomic mass is 10.0. The first-order valence-corrected chi connectivity index (χ1v) is 6.65. The van der Waals surface area contributed by atoms with Gasteiger partial charge < -0.3 is 5.32 Å². The Bertz CT molecular complexity index is 521. The van der Waals surface area contributed by atoms with Gasteiger partial charge >= 0.3 is 0 Å². The van der Waals surface area contributed by atoms with Crippen molar-refractivity contribution in [2.75, 3.05) is 7.05 Å². The highest BCUT2D eigenvalue weighted by Gasteiger charge is 2.13. The minimum absolute atomic E-state index is 0.134. The Morgan fingerprint density at radius 1 is 1.22 bits per heavy atom. The highest BCUT2D eigenvalue weighted by molar-refractivity contribution is 7.16. The summed E-state index contributed by atoms with van der Waals surface area (Å²) in [6.45, 7) is 0. The van der Waals surface area contributed by atoms with Gasteiger partial charge in [0.15, 0.2) is 0 Å². The summed E-state index contributed by atoms with van der Waals surface area (Å²) in [5.74, 6) is -1.12. The summed E-state index contributed by atoms with van der Waals surface area (Å²) in [5.41, 5.74) is 0.597. The van der Waals surface area contributed by atoms with Crippen molar-refractivity contribution in [2.45, 2.75) is 12.5 Å². The van der Waals surface area contributed by atoms with E-state index in [2.05, 4.69) is 5.32 Å². The Kier molecular flexibility index (Phi) is 4.32. The minimum atomic E-state index is -0.561. The van der Waals surface area contributed by atoms with Crippen LogP contribution in [0.3, 0.4) is 0 Å². The van der Waals surface area contributed by atoms with Crippen LogP contribution in [0.1, 0.15) is 16.5 Å². The molecule has 96 valence electrons. The highest BCUT2D eigenvalue weighted by Crippen LogP contribution is 2.27. The molecule has 2 rings (SSSR count). The predicted octanol–water partition coefficient (Wildman–Crippen LogP) is 4.18. The van der Waals surface area contributed by atoms with E-state index in [4.69, 9.17) is 11.6 Å². The Balaban J connectivity index is 2.22. The molecule has 0 spiro atoms. The Morgan fingerprint density at radius 2 is 1.89 bits per heavy atom. The highest BCUT2D eigenvalue weighted by atomic mass is 35.5. The number of halogens is 3. The van der Waals surface area contributed by atoms with Crippen molar-refractivity contribution in [3.63, 3.8) is 0 Å². The Labute approximate surface area is 113 Å². The summed E-state index contributed by atoms with van der Waals surface area (Å²) in [6.07, 6.45) is 0.650. The van der Waals surface area contributed by atoms with Gasteiger partial charge in [0.05, 0.1) is 4.34 Å². The molecule has 1 atom stereocenters. The maximum absolute atomic E-state index is 13.2. The van der Waals surface area contributed by atoms with Crippen LogP contribution in [-0.2, 0) is 6.42 Å². The molecule has 0 radical (unpaired) electrons. The Morgan fingerprint density at radius 3 is 2.39 bits per heavy atom. The van der Waals surface area contributed by atoms with Crippen molar-refractivity contribution in [3.05, 3.63) is 56.7 Å². The van der Waals surface area contributed by atoms with E-state index in [1.807, 2.05) is 12.1 Å². The zero-order chi connectivity index (χ0) is 13.1. The number of benzene rings is 1. The van der Waals surface area contributed by atoms with E-state index >= 15 is 0 Å². The van der Waals surface area contributed by atoms with Gasteiger partial charge in [-0.1, -0.05) is 11.6 Å². The standard InChI is InChI=1S/C13H12ClF2NS/c1-17-12(7-11-2-3-13(14)18-11)8-4-9(15)6-10(16)5-8/h2-6,12,17H,7H2,1H3. The van der Waals surface area contributed by atoms with Crippen molar-refractivity contribution in [3.8, 4) is 0 Å². The summed E-state index contributed by atoms with van der Waals surface area (Å²) in [6, 6.07) is 7.18. The zero-order valence-corrected chi connectivity index (χ0v) is 11.3. The molecule has 0 bridgehead atoms. The molecule has 0 saturated heterocycles. The molecule has 0 aliphatic carbocycles. The normalized spacial score (nSPS) is 12.7. The molecule has 1 unspecified atom stereocenters. The van der Waals surface area contributed by atoms with Gasteiger partial charge in [0.25, 0.3) is 0 Å². The number of likely N-dealkylation sites (N-methyl/N-ethyl adjacent to an activating group) is 1. The molecule has 18 heavy (non-hydrogen) atoms. The van der Waals surface area contributed by atoms with Gasteiger partial charge in [0, 0.05) is 23.4 Å². The van der Waals surface area contributed by atoms with E-state index in [1.165, 1.54) is 23.5 Å². The smallest absolute Gasteiger partial charge is 0.126 e. The molecule has 1 aromatic carbocycles. The molecule has 0 saturated carbocycles. The topological polar surface area (TPSA) is 12.0 Å². The summed E-state index contributed by atoms with van der Waals surface area (Å²) in [7, 11) is 1.77. The zero-order valence-electron chi connectivity index (χ0n) is 9.71. The summed E-state index contributed by atoms with van der Waals surface area (Å²) >= 11 is 7.33. The van der Waals surface area contributed by atoms with Gasteiger partial charge in [-0.15, -0.1) is 11.3 Å². The quantitative estimate of drug-likeness (QED) is 0.889. The van der Waals surface area contributed by atoms with E-state index in [-0.39, 0.29) is 6.04 Å². The lowest BCUT2D eigenvalue weighted by Gasteiger charge is -2.16. The van der Waals surface area contributed by atoms with E-state index in [9.17, 15) is 8.78 Å². The number of nitrogens with one attached hydrogen (secondary N) is 1. The van der Waals surface area contributed by atoms with Crippen LogP contribution in [0.5, 0.6) is 0 Å². The molecular formula is C13H12ClF2NS. The second-order valence-corrected chi connectivity index (χ2v) is 5.75. The first-order valence-electron chi connectivity index (χ1n) is 5.46. The second-order valence-electron chi connectivity index (χ2n) is 3.95. The third-order valence-corrected chi connectivity index (χ3v) is 3.92. The van der Waals surface area contributed by atoms with Crippen LogP contribution >= 0.6 is 22.9 Å². The fraction of sp³-hybridized carbons (Fsp3) is 0.231. The van der Waals surface area contributed by atoms with Gasteiger partial charge in [-0.2, -0.15) is 0 Å². The molecule has 1 aromatic heterocycles. The number of thiophene rings is 1. The fourth-order valence-corrected chi connectivity index (χ4v) is 2.96. The van der Waals surface area contributed by atoms with E-state index < -0.39 is 11.6 Å². The number of hydrogen-bond donors (Lipinski definition) is 1. The monoisotopic (exact) mass is 287 g/mol. The van der Waals surface area contributed by atoms with E-state index in [1.54, 1.807) is 7.05 Å². The van der Waals surface area contributed by atoms with Crippen molar-refractivity contribution in [1.82, 2.24) is 5.32 Å². The summed E-state index contributed by atoms with van der Waals surface area (Å²) in [5, 5.41) is 3.06. The molecule has 2 aromatic rings. The molecule has 0 amide bonds.